The van der Waals surface area contributed by atoms with Crippen LogP contribution in [0.4, 0.5) is 5.69 Å². The summed E-state index contributed by atoms with van der Waals surface area (Å²) in [6.45, 7) is 1.91. The predicted molar refractivity (Wildman–Crippen MR) is 99.2 cm³/mol. The number of fused-ring (bicyclic) bond motifs is 1. The van der Waals surface area contributed by atoms with Crippen LogP contribution in [0.5, 0.6) is 11.5 Å². The van der Waals surface area contributed by atoms with E-state index in [4.69, 9.17) is 12.2 Å². The van der Waals surface area contributed by atoms with E-state index < -0.39 is 0 Å². The first-order valence-electron chi connectivity index (χ1n) is 8.13. The minimum absolute atomic E-state index is 0.0350. The second kappa shape index (κ2) is 5.99. The maximum atomic E-state index is 11.5. The van der Waals surface area contributed by atoms with Crippen LogP contribution in [0.15, 0.2) is 30.3 Å². The van der Waals surface area contributed by atoms with Crippen molar-refractivity contribution in [3.05, 3.63) is 46.2 Å². The summed E-state index contributed by atoms with van der Waals surface area (Å²) in [5.74, 6) is 0.325. The number of phenols is 2. The lowest BCUT2D eigenvalue weighted by Crippen LogP contribution is -2.03. The SMILES string of the molecule is CCc1cc(-c2nc(=S)n(-c3ccc4c(c3)CC(=O)N4)[nH]2)c(O)cc1O. The van der Waals surface area contributed by atoms with Crippen molar-refractivity contribution in [1.29, 1.82) is 0 Å². The van der Waals surface area contributed by atoms with Gasteiger partial charge in [-0.25, -0.2) is 4.68 Å². The predicted octanol–water partition coefficient (Wildman–Crippen LogP) is 3.07. The number of H-pyrrole nitrogens is 1. The molecule has 2 aromatic carbocycles. The van der Waals surface area contributed by atoms with E-state index in [1.807, 2.05) is 25.1 Å². The largest absolute Gasteiger partial charge is 0.508 e. The Kier molecular flexibility index (Phi) is 3.77. The average Bonchev–Trinajstić information content (AvgIpc) is 3.16. The molecule has 132 valence electrons. The lowest BCUT2D eigenvalue weighted by atomic mass is 10.1. The number of carbonyl (C=O) groups is 1. The summed E-state index contributed by atoms with van der Waals surface area (Å²) >= 11 is 5.34. The first kappa shape index (κ1) is 16.3. The fraction of sp³-hybridized carbons (Fsp3) is 0.167. The molecule has 7 nitrogen and oxygen atoms in total. The number of anilines is 1. The summed E-state index contributed by atoms with van der Waals surface area (Å²) in [5.41, 5.74) is 3.61. The van der Waals surface area contributed by atoms with Crippen molar-refractivity contribution in [1.82, 2.24) is 14.8 Å². The molecule has 4 rings (SSSR count). The normalized spacial score (nSPS) is 12.9. The van der Waals surface area contributed by atoms with Crippen molar-refractivity contribution in [2.75, 3.05) is 5.32 Å². The van der Waals surface area contributed by atoms with E-state index in [0.717, 1.165) is 16.9 Å². The number of hydrogen-bond donors (Lipinski definition) is 4. The van der Waals surface area contributed by atoms with Crippen LogP contribution in [0.2, 0.25) is 0 Å². The van der Waals surface area contributed by atoms with Gasteiger partial charge < -0.3 is 15.5 Å². The molecule has 0 atom stereocenters. The molecule has 1 amide bonds. The molecule has 0 aliphatic carbocycles. The highest BCUT2D eigenvalue weighted by atomic mass is 32.1. The van der Waals surface area contributed by atoms with E-state index in [1.165, 1.54) is 6.07 Å². The van der Waals surface area contributed by atoms with Gasteiger partial charge >= 0.3 is 0 Å². The van der Waals surface area contributed by atoms with Crippen molar-refractivity contribution >= 4 is 23.8 Å². The van der Waals surface area contributed by atoms with Crippen LogP contribution in [-0.2, 0) is 17.6 Å². The highest BCUT2D eigenvalue weighted by Crippen LogP contribution is 2.34. The number of nitrogens with zero attached hydrogens (tertiary/aromatic N) is 2. The number of amides is 1. The first-order chi connectivity index (χ1) is 12.5. The standard InChI is InChI=1S/C18H16N4O3S/c1-2-9-6-12(15(24)8-14(9)23)17-20-18(26)22(21-17)11-3-4-13-10(5-11)7-16(25)19-13/h3-6,8,23-24H,2,7H2,1H3,(H,19,25)(H,20,21,26). The molecule has 0 spiro atoms. The minimum atomic E-state index is -0.0839. The fourth-order valence-corrected chi connectivity index (χ4v) is 3.31. The Balaban J connectivity index is 1.79. The molecule has 1 aliphatic heterocycles. The van der Waals surface area contributed by atoms with Crippen molar-refractivity contribution in [3.8, 4) is 28.6 Å². The molecule has 2 heterocycles. The zero-order valence-electron chi connectivity index (χ0n) is 13.9. The number of nitrogens with one attached hydrogen (secondary N) is 2. The van der Waals surface area contributed by atoms with Gasteiger partial charge in [-0.05, 0) is 54.0 Å². The Labute approximate surface area is 153 Å². The molecular formula is C18H16N4O3S. The molecule has 1 aromatic heterocycles. The maximum absolute atomic E-state index is 11.5. The van der Waals surface area contributed by atoms with Gasteiger partial charge in [0.2, 0.25) is 10.7 Å². The molecule has 26 heavy (non-hydrogen) atoms. The molecule has 0 bridgehead atoms. The number of hydrogen-bond acceptors (Lipinski definition) is 5. The maximum Gasteiger partial charge on any atom is 0.228 e. The Bertz CT molecular complexity index is 1100. The van der Waals surface area contributed by atoms with Crippen LogP contribution in [0, 0.1) is 4.77 Å². The number of rotatable bonds is 3. The van der Waals surface area contributed by atoms with Gasteiger partial charge in [-0.1, -0.05) is 6.92 Å². The Hall–Kier alpha value is -3.13. The topological polar surface area (TPSA) is 103 Å². The van der Waals surface area contributed by atoms with Crippen LogP contribution in [0.1, 0.15) is 18.1 Å². The minimum Gasteiger partial charge on any atom is -0.508 e. The van der Waals surface area contributed by atoms with Gasteiger partial charge in [0.25, 0.3) is 0 Å². The number of benzene rings is 2. The van der Waals surface area contributed by atoms with Crippen LogP contribution >= 0.6 is 12.2 Å². The zero-order valence-corrected chi connectivity index (χ0v) is 14.7. The van der Waals surface area contributed by atoms with Crippen LogP contribution in [0.25, 0.3) is 17.1 Å². The van der Waals surface area contributed by atoms with Crippen LogP contribution in [0.3, 0.4) is 0 Å². The summed E-state index contributed by atoms with van der Waals surface area (Å²) in [7, 11) is 0. The van der Waals surface area contributed by atoms with E-state index in [0.29, 0.717) is 34.6 Å². The van der Waals surface area contributed by atoms with Crippen molar-refractivity contribution < 1.29 is 15.0 Å². The van der Waals surface area contributed by atoms with E-state index in [2.05, 4.69) is 15.4 Å². The summed E-state index contributed by atoms with van der Waals surface area (Å²) < 4.78 is 1.91. The molecule has 0 unspecified atom stereocenters. The Morgan fingerprint density at radius 1 is 1.23 bits per heavy atom. The fourth-order valence-electron chi connectivity index (χ4n) is 3.07. The third-order valence-electron chi connectivity index (χ3n) is 4.42. The van der Waals surface area contributed by atoms with Gasteiger partial charge in [-0.15, -0.1) is 0 Å². The molecule has 0 fully saturated rings. The highest BCUT2D eigenvalue weighted by molar-refractivity contribution is 7.71. The molecule has 0 saturated carbocycles. The summed E-state index contributed by atoms with van der Waals surface area (Å²) in [6.07, 6.45) is 0.947. The molecule has 8 heteroatoms. The Morgan fingerprint density at radius 3 is 2.81 bits per heavy atom. The summed E-state index contributed by atoms with van der Waals surface area (Å²) in [6, 6.07) is 8.52. The quantitative estimate of drug-likeness (QED) is 0.532. The average molecular weight is 368 g/mol. The van der Waals surface area contributed by atoms with Crippen LogP contribution < -0.4 is 5.32 Å². The van der Waals surface area contributed by atoms with E-state index in [9.17, 15) is 15.0 Å². The van der Waals surface area contributed by atoms with Gasteiger partial charge in [-0.3, -0.25) is 9.89 Å². The molecule has 0 radical (unpaired) electrons. The van der Waals surface area contributed by atoms with Gasteiger partial charge in [0.05, 0.1) is 17.7 Å². The number of carbonyl (C=O) groups excluding carboxylic acids is 1. The second-order valence-corrected chi connectivity index (χ2v) is 6.47. The van der Waals surface area contributed by atoms with Crippen LogP contribution in [-0.4, -0.2) is 30.9 Å². The summed E-state index contributed by atoms with van der Waals surface area (Å²) in [5, 5.41) is 25.9. The molecule has 3 aromatic rings. The monoisotopic (exact) mass is 368 g/mol. The summed E-state index contributed by atoms with van der Waals surface area (Å²) in [4.78, 5) is 15.9. The smallest absolute Gasteiger partial charge is 0.228 e. The van der Waals surface area contributed by atoms with E-state index in [-0.39, 0.29) is 17.4 Å². The van der Waals surface area contributed by atoms with Gasteiger partial charge in [-0.2, -0.15) is 4.98 Å². The third kappa shape index (κ3) is 2.64. The van der Waals surface area contributed by atoms with Gasteiger partial charge in [0.15, 0.2) is 5.82 Å². The first-order valence-corrected chi connectivity index (χ1v) is 8.54. The molecule has 0 saturated heterocycles. The van der Waals surface area contributed by atoms with Crippen molar-refractivity contribution in [2.24, 2.45) is 0 Å². The van der Waals surface area contributed by atoms with Gasteiger partial charge in [0.1, 0.15) is 11.5 Å². The zero-order chi connectivity index (χ0) is 18.4. The van der Waals surface area contributed by atoms with E-state index in [1.54, 1.807) is 10.7 Å². The molecule has 4 N–H and O–H groups in total. The molecule has 1 aliphatic rings. The number of phenolic OH excluding ortho intramolecular Hbond substituents is 2. The number of aromatic nitrogens is 3. The lowest BCUT2D eigenvalue weighted by Gasteiger charge is -2.07. The van der Waals surface area contributed by atoms with Gasteiger partial charge in [0, 0.05) is 11.8 Å². The Morgan fingerprint density at radius 2 is 2.04 bits per heavy atom. The second-order valence-electron chi connectivity index (χ2n) is 6.11. The van der Waals surface area contributed by atoms with E-state index >= 15 is 0 Å². The van der Waals surface area contributed by atoms with Crippen molar-refractivity contribution in [2.45, 2.75) is 19.8 Å². The number of aromatic amines is 1. The number of aryl methyl sites for hydroxylation is 1. The molecular weight excluding hydrogens is 352 g/mol. The third-order valence-corrected chi connectivity index (χ3v) is 4.70. The highest BCUT2D eigenvalue weighted by Gasteiger charge is 2.19. The number of aromatic hydroxyl groups is 2. The lowest BCUT2D eigenvalue weighted by molar-refractivity contribution is -0.115. The van der Waals surface area contributed by atoms with Crippen molar-refractivity contribution in [3.63, 3.8) is 0 Å².